The number of carbonyl (C=O) groups is 1. The largest absolute Gasteiger partial charge is 0.373 e. The third-order valence-corrected chi connectivity index (χ3v) is 5.49. The van der Waals surface area contributed by atoms with E-state index in [0.717, 1.165) is 25.1 Å². The highest BCUT2D eigenvalue weighted by Crippen LogP contribution is 2.37. The van der Waals surface area contributed by atoms with Crippen molar-refractivity contribution in [2.45, 2.75) is 30.9 Å². The fraction of sp³-hybridized carbons (Fsp3) is 0.400. The molecular weight excluding hydrogens is 350 g/mol. The van der Waals surface area contributed by atoms with Crippen LogP contribution in [0.3, 0.4) is 0 Å². The second-order valence-corrected chi connectivity index (χ2v) is 7.49. The van der Waals surface area contributed by atoms with Crippen LogP contribution in [0, 0.1) is 0 Å². The van der Waals surface area contributed by atoms with Gasteiger partial charge in [0.15, 0.2) is 0 Å². The lowest BCUT2D eigenvalue weighted by Crippen LogP contribution is -2.46. The average Bonchev–Trinajstić information content (AvgIpc) is 3.05. The molecule has 0 bridgehead atoms. The van der Waals surface area contributed by atoms with E-state index in [1.807, 2.05) is 35.2 Å². The number of likely N-dealkylation sites (tertiary alicyclic amines) is 1. The first-order chi connectivity index (χ1) is 12.6. The molecule has 2 aromatic rings. The van der Waals surface area contributed by atoms with Gasteiger partial charge in [-0.3, -0.25) is 4.79 Å². The van der Waals surface area contributed by atoms with Gasteiger partial charge in [-0.05, 0) is 49.6 Å². The van der Waals surface area contributed by atoms with Crippen molar-refractivity contribution in [3.8, 4) is 0 Å². The van der Waals surface area contributed by atoms with Crippen molar-refractivity contribution in [1.82, 2.24) is 9.88 Å². The first-order valence-corrected chi connectivity index (χ1v) is 9.38. The summed E-state index contributed by atoms with van der Waals surface area (Å²) in [6.07, 6.45) is 4.45. The number of aromatic nitrogens is 1. The smallest absolute Gasteiger partial charge is 0.253 e. The van der Waals surface area contributed by atoms with Gasteiger partial charge in [-0.1, -0.05) is 23.7 Å². The lowest BCUT2D eigenvalue weighted by atomic mass is 9.87. The molecule has 2 aliphatic heterocycles. The summed E-state index contributed by atoms with van der Waals surface area (Å²) in [7, 11) is 0. The minimum Gasteiger partial charge on any atom is -0.373 e. The van der Waals surface area contributed by atoms with E-state index in [9.17, 15) is 4.79 Å². The predicted molar refractivity (Wildman–Crippen MR) is 102 cm³/mol. The standard InChI is InChI=1S/C20H22ClN3O2/c21-16-5-3-4-15(12-16)19(25)24-10-7-20(8-11-24)13-17(14-26-20)23-18-6-1-2-9-22-18/h1-6,9,12,17H,7-8,10-11,13-14H2,(H,22,23)/t17-/m0/s1. The highest BCUT2D eigenvalue weighted by atomic mass is 35.5. The predicted octanol–water partition coefficient (Wildman–Crippen LogP) is 3.61. The van der Waals surface area contributed by atoms with Crippen molar-refractivity contribution in [3.63, 3.8) is 0 Å². The first-order valence-electron chi connectivity index (χ1n) is 9.00. The Morgan fingerprint density at radius 1 is 1.23 bits per heavy atom. The van der Waals surface area contributed by atoms with E-state index < -0.39 is 0 Å². The number of piperidine rings is 1. The number of hydrogen-bond acceptors (Lipinski definition) is 4. The molecule has 4 rings (SSSR count). The maximum absolute atomic E-state index is 12.7. The molecule has 2 aliphatic rings. The molecule has 136 valence electrons. The van der Waals surface area contributed by atoms with Crippen LogP contribution in [-0.2, 0) is 4.74 Å². The summed E-state index contributed by atoms with van der Waals surface area (Å²) in [5.74, 6) is 0.926. The number of halogens is 1. The topological polar surface area (TPSA) is 54.5 Å². The molecule has 0 unspecified atom stereocenters. The summed E-state index contributed by atoms with van der Waals surface area (Å²) in [4.78, 5) is 18.9. The Bertz CT molecular complexity index is 776. The molecule has 1 N–H and O–H groups in total. The molecule has 2 saturated heterocycles. The van der Waals surface area contributed by atoms with E-state index in [0.29, 0.717) is 30.3 Å². The molecule has 0 aliphatic carbocycles. The fourth-order valence-corrected chi connectivity index (χ4v) is 4.05. The van der Waals surface area contributed by atoms with Crippen molar-refractivity contribution < 1.29 is 9.53 Å². The third kappa shape index (κ3) is 3.69. The number of nitrogens with zero attached hydrogens (tertiary/aromatic N) is 2. The fourth-order valence-electron chi connectivity index (χ4n) is 3.86. The van der Waals surface area contributed by atoms with Gasteiger partial charge < -0.3 is 15.0 Å². The first kappa shape index (κ1) is 17.3. The summed E-state index contributed by atoms with van der Waals surface area (Å²) >= 11 is 6.01. The van der Waals surface area contributed by atoms with Gasteiger partial charge >= 0.3 is 0 Å². The summed E-state index contributed by atoms with van der Waals surface area (Å²) in [6, 6.07) is 13.3. The minimum atomic E-state index is -0.127. The Hall–Kier alpha value is -2.11. The van der Waals surface area contributed by atoms with E-state index in [4.69, 9.17) is 16.3 Å². The van der Waals surface area contributed by atoms with E-state index in [1.165, 1.54) is 0 Å². The summed E-state index contributed by atoms with van der Waals surface area (Å²) in [6.45, 7) is 2.10. The monoisotopic (exact) mass is 371 g/mol. The lowest BCUT2D eigenvalue weighted by Gasteiger charge is -2.38. The van der Waals surface area contributed by atoms with Crippen LogP contribution in [0.4, 0.5) is 5.82 Å². The molecule has 3 heterocycles. The molecule has 2 fully saturated rings. The van der Waals surface area contributed by atoms with Gasteiger partial charge in [0.25, 0.3) is 5.91 Å². The maximum atomic E-state index is 12.7. The van der Waals surface area contributed by atoms with Crippen LogP contribution in [0.5, 0.6) is 0 Å². The van der Waals surface area contributed by atoms with Crippen LogP contribution >= 0.6 is 11.6 Å². The quantitative estimate of drug-likeness (QED) is 0.895. The third-order valence-electron chi connectivity index (χ3n) is 5.26. The molecule has 0 saturated carbocycles. The van der Waals surface area contributed by atoms with Crippen LogP contribution in [0.1, 0.15) is 29.6 Å². The second kappa shape index (κ2) is 7.25. The molecule has 1 spiro atoms. The van der Waals surface area contributed by atoms with Crippen molar-refractivity contribution in [2.24, 2.45) is 0 Å². The molecule has 6 heteroatoms. The molecular formula is C20H22ClN3O2. The van der Waals surface area contributed by atoms with Gasteiger partial charge in [-0.2, -0.15) is 0 Å². The van der Waals surface area contributed by atoms with E-state index in [1.54, 1.807) is 18.3 Å². The number of anilines is 1. The molecule has 0 radical (unpaired) electrons. The average molecular weight is 372 g/mol. The number of benzene rings is 1. The van der Waals surface area contributed by atoms with Gasteiger partial charge in [0.2, 0.25) is 0 Å². The SMILES string of the molecule is O=C(c1cccc(Cl)c1)N1CCC2(CC1)C[C@H](Nc1ccccn1)CO2. The summed E-state index contributed by atoms with van der Waals surface area (Å²) in [5, 5.41) is 4.04. The van der Waals surface area contributed by atoms with Gasteiger partial charge in [0.05, 0.1) is 18.2 Å². The Balaban J connectivity index is 1.34. The molecule has 1 atom stereocenters. The number of pyridine rings is 1. The van der Waals surface area contributed by atoms with Crippen molar-refractivity contribution in [2.75, 3.05) is 25.0 Å². The van der Waals surface area contributed by atoms with Crippen molar-refractivity contribution in [1.29, 1.82) is 0 Å². The number of rotatable bonds is 3. The Morgan fingerprint density at radius 3 is 2.81 bits per heavy atom. The second-order valence-electron chi connectivity index (χ2n) is 7.06. The molecule has 1 amide bonds. The van der Waals surface area contributed by atoms with E-state index in [2.05, 4.69) is 10.3 Å². The van der Waals surface area contributed by atoms with Crippen molar-refractivity contribution >= 4 is 23.3 Å². The molecule has 5 nitrogen and oxygen atoms in total. The zero-order valence-corrected chi connectivity index (χ0v) is 15.3. The van der Waals surface area contributed by atoms with E-state index >= 15 is 0 Å². The number of carbonyl (C=O) groups excluding carboxylic acids is 1. The van der Waals surface area contributed by atoms with Crippen LogP contribution in [0.25, 0.3) is 0 Å². The number of amides is 1. The molecule has 1 aromatic carbocycles. The summed E-state index contributed by atoms with van der Waals surface area (Å²) < 4.78 is 6.17. The van der Waals surface area contributed by atoms with Gasteiger partial charge in [0.1, 0.15) is 5.82 Å². The highest BCUT2D eigenvalue weighted by molar-refractivity contribution is 6.30. The van der Waals surface area contributed by atoms with Crippen LogP contribution in [-0.4, -0.2) is 47.1 Å². The zero-order chi connectivity index (χ0) is 18.0. The maximum Gasteiger partial charge on any atom is 0.253 e. The van der Waals surface area contributed by atoms with E-state index in [-0.39, 0.29) is 17.6 Å². The highest BCUT2D eigenvalue weighted by Gasteiger charge is 2.43. The normalized spacial score (nSPS) is 21.7. The Kier molecular flexibility index (Phi) is 4.83. The summed E-state index contributed by atoms with van der Waals surface area (Å²) in [5.41, 5.74) is 0.521. The van der Waals surface area contributed by atoms with Crippen LogP contribution in [0.15, 0.2) is 48.7 Å². The Labute approximate surface area is 158 Å². The lowest BCUT2D eigenvalue weighted by molar-refractivity contribution is -0.0388. The molecule has 26 heavy (non-hydrogen) atoms. The molecule has 1 aromatic heterocycles. The zero-order valence-electron chi connectivity index (χ0n) is 14.5. The number of hydrogen-bond donors (Lipinski definition) is 1. The van der Waals surface area contributed by atoms with Gasteiger partial charge in [-0.25, -0.2) is 4.98 Å². The van der Waals surface area contributed by atoms with Crippen molar-refractivity contribution in [3.05, 3.63) is 59.2 Å². The van der Waals surface area contributed by atoms with Crippen LogP contribution in [0.2, 0.25) is 5.02 Å². The Morgan fingerprint density at radius 2 is 2.08 bits per heavy atom. The van der Waals surface area contributed by atoms with Crippen LogP contribution < -0.4 is 5.32 Å². The minimum absolute atomic E-state index is 0.0449. The number of nitrogens with one attached hydrogen (secondary N) is 1. The van der Waals surface area contributed by atoms with Gasteiger partial charge in [-0.15, -0.1) is 0 Å². The van der Waals surface area contributed by atoms with Gasteiger partial charge in [0, 0.05) is 29.9 Å². The number of ether oxygens (including phenoxy) is 1.